The number of piperidine rings is 1. The van der Waals surface area contributed by atoms with Gasteiger partial charge < -0.3 is 10.2 Å². The van der Waals surface area contributed by atoms with Crippen LogP contribution in [0, 0.1) is 6.92 Å². The van der Waals surface area contributed by atoms with Crippen LogP contribution in [0.1, 0.15) is 57.8 Å². The van der Waals surface area contributed by atoms with E-state index in [2.05, 4.69) is 10.4 Å². The molecule has 7 heteroatoms. The van der Waals surface area contributed by atoms with Crippen LogP contribution in [0.25, 0.3) is 0 Å². The Hall–Kier alpha value is -2.15. The van der Waals surface area contributed by atoms with Gasteiger partial charge in [-0.3, -0.25) is 14.3 Å². The van der Waals surface area contributed by atoms with Gasteiger partial charge in [-0.1, -0.05) is 0 Å². The fraction of sp³-hybridized carbons (Fsp3) is 0.500. The zero-order valence-corrected chi connectivity index (χ0v) is 15.7. The van der Waals surface area contributed by atoms with Crippen LogP contribution in [0.5, 0.6) is 0 Å². The van der Waals surface area contributed by atoms with Crippen LogP contribution in [0.3, 0.4) is 0 Å². The van der Waals surface area contributed by atoms with E-state index in [1.807, 2.05) is 37.8 Å². The highest BCUT2D eigenvalue weighted by molar-refractivity contribution is 7.13. The Morgan fingerprint density at radius 1 is 1.24 bits per heavy atom. The lowest BCUT2D eigenvalue weighted by Crippen LogP contribution is -2.46. The number of thiophene rings is 1. The highest BCUT2D eigenvalue weighted by atomic mass is 32.1. The fourth-order valence-electron chi connectivity index (χ4n) is 3.10. The summed E-state index contributed by atoms with van der Waals surface area (Å²) in [6, 6.07) is 5.86. The van der Waals surface area contributed by atoms with Crippen LogP contribution in [0.15, 0.2) is 24.4 Å². The van der Waals surface area contributed by atoms with Crippen LogP contribution in [0.4, 0.5) is 0 Å². The SMILES string of the molecule is Cc1ccc(C(=O)NC2CCN(C(=O)c3ccnn3C(C)C)CC2)s1. The van der Waals surface area contributed by atoms with E-state index < -0.39 is 0 Å². The van der Waals surface area contributed by atoms with Crippen LogP contribution in [-0.2, 0) is 0 Å². The van der Waals surface area contributed by atoms with Crippen molar-refractivity contribution in [3.05, 3.63) is 39.8 Å². The molecule has 0 saturated carbocycles. The van der Waals surface area contributed by atoms with Gasteiger partial charge in [0.15, 0.2) is 0 Å². The van der Waals surface area contributed by atoms with E-state index in [-0.39, 0.29) is 23.9 Å². The first kappa shape index (κ1) is 17.7. The molecule has 25 heavy (non-hydrogen) atoms. The third-order valence-corrected chi connectivity index (χ3v) is 5.46. The van der Waals surface area contributed by atoms with Crippen molar-refractivity contribution in [2.24, 2.45) is 0 Å². The number of carbonyl (C=O) groups is 2. The molecule has 0 atom stereocenters. The first-order valence-corrected chi connectivity index (χ1v) is 9.47. The first-order valence-electron chi connectivity index (χ1n) is 8.66. The van der Waals surface area contributed by atoms with Gasteiger partial charge in [-0.05, 0) is 51.8 Å². The molecular formula is C18H24N4O2S. The Morgan fingerprint density at radius 2 is 1.96 bits per heavy atom. The summed E-state index contributed by atoms with van der Waals surface area (Å²) in [5, 5.41) is 7.32. The molecule has 1 saturated heterocycles. The summed E-state index contributed by atoms with van der Waals surface area (Å²) in [6.45, 7) is 7.32. The second-order valence-electron chi connectivity index (χ2n) is 6.70. The summed E-state index contributed by atoms with van der Waals surface area (Å²) < 4.78 is 1.76. The highest BCUT2D eigenvalue weighted by Gasteiger charge is 2.27. The van der Waals surface area contributed by atoms with E-state index in [0.29, 0.717) is 18.8 Å². The van der Waals surface area contributed by atoms with E-state index in [9.17, 15) is 9.59 Å². The van der Waals surface area contributed by atoms with Crippen molar-refractivity contribution >= 4 is 23.2 Å². The van der Waals surface area contributed by atoms with Gasteiger partial charge in [-0.2, -0.15) is 5.10 Å². The number of aromatic nitrogens is 2. The second kappa shape index (κ2) is 7.39. The molecule has 1 aliphatic rings. The molecule has 0 radical (unpaired) electrons. The lowest BCUT2D eigenvalue weighted by atomic mass is 10.0. The number of nitrogens with zero attached hydrogens (tertiary/aromatic N) is 3. The number of hydrogen-bond donors (Lipinski definition) is 1. The lowest BCUT2D eigenvalue weighted by Gasteiger charge is -2.32. The Kier molecular flexibility index (Phi) is 5.22. The molecule has 3 rings (SSSR count). The molecule has 1 fully saturated rings. The quantitative estimate of drug-likeness (QED) is 0.912. The standard InChI is InChI=1S/C18H24N4O2S/c1-12(2)22-15(6-9-19-22)18(24)21-10-7-14(8-11-21)20-17(23)16-5-4-13(3)25-16/h4-6,9,12,14H,7-8,10-11H2,1-3H3,(H,20,23). The Balaban J connectivity index is 1.55. The smallest absolute Gasteiger partial charge is 0.272 e. The summed E-state index contributed by atoms with van der Waals surface area (Å²) in [6.07, 6.45) is 3.22. The summed E-state index contributed by atoms with van der Waals surface area (Å²) in [7, 11) is 0. The van der Waals surface area contributed by atoms with Crippen LogP contribution >= 0.6 is 11.3 Å². The van der Waals surface area contributed by atoms with Crippen LogP contribution in [0.2, 0.25) is 0 Å². The van der Waals surface area contributed by atoms with Gasteiger partial charge in [-0.15, -0.1) is 11.3 Å². The van der Waals surface area contributed by atoms with Gasteiger partial charge >= 0.3 is 0 Å². The van der Waals surface area contributed by atoms with E-state index in [0.717, 1.165) is 22.6 Å². The molecule has 1 aliphatic heterocycles. The maximum atomic E-state index is 12.7. The summed E-state index contributed by atoms with van der Waals surface area (Å²) in [5.74, 6) is 0.00520. The predicted molar refractivity (Wildman–Crippen MR) is 98.1 cm³/mol. The monoisotopic (exact) mass is 360 g/mol. The average molecular weight is 360 g/mol. The second-order valence-corrected chi connectivity index (χ2v) is 7.99. The lowest BCUT2D eigenvalue weighted by molar-refractivity contribution is 0.0684. The number of rotatable bonds is 4. The van der Waals surface area contributed by atoms with E-state index in [1.165, 1.54) is 11.3 Å². The average Bonchev–Trinajstić information content (AvgIpc) is 3.24. The fourth-order valence-corrected chi connectivity index (χ4v) is 3.87. The molecule has 1 N–H and O–H groups in total. The third kappa shape index (κ3) is 3.92. The number of hydrogen-bond acceptors (Lipinski definition) is 4. The van der Waals surface area contributed by atoms with Crippen molar-refractivity contribution in [2.75, 3.05) is 13.1 Å². The zero-order valence-electron chi connectivity index (χ0n) is 14.9. The summed E-state index contributed by atoms with van der Waals surface area (Å²) in [4.78, 5) is 28.7. The van der Waals surface area contributed by atoms with Gasteiger partial charge in [0.25, 0.3) is 11.8 Å². The van der Waals surface area contributed by atoms with Crippen LogP contribution in [-0.4, -0.2) is 45.6 Å². The minimum absolute atomic E-state index is 0.0132. The Labute approximate surface area is 151 Å². The molecule has 2 amide bonds. The minimum Gasteiger partial charge on any atom is -0.348 e. The molecule has 0 aliphatic carbocycles. The van der Waals surface area contributed by atoms with Crippen LogP contribution < -0.4 is 5.32 Å². The first-order chi connectivity index (χ1) is 12.0. The van der Waals surface area contributed by atoms with E-state index in [4.69, 9.17) is 0 Å². The van der Waals surface area contributed by atoms with Crippen molar-refractivity contribution in [1.29, 1.82) is 0 Å². The molecule has 2 aromatic heterocycles. The highest BCUT2D eigenvalue weighted by Crippen LogP contribution is 2.18. The molecule has 0 spiro atoms. The maximum absolute atomic E-state index is 12.7. The van der Waals surface area contributed by atoms with E-state index in [1.54, 1.807) is 16.9 Å². The molecule has 2 aromatic rings. The Bertz CT molecular complexity index is 757. The number of aryl methyl sites for hydroxylation is 1. The summed E-state index contributed by atoms with van der Waals surface area (Å²) >= 11 is 1.51. The van der Waals surface area contributed by atoms with Crippen molar-refractivity contribution < 1.29 is 9.59 Å². The largest absolute Gasteiger partial charge is 0.348 e. The van der Waals surface area contributed by atoms with Gasteiger partial charge in [0, 0.05) is 36.2 Å². The minimum atomic E-state index is -0.0132. The van der Waals surface area contributed by atoms with Gasteiger partial charge in [0.2, 0.25) is 0 Å². The number of amides is 2. The molecule has 0 aromatic carbocycles. The molecule has 0 unspecified atom stereocenters. The van der Waals surface area contributed by atoms with Gasteiger partial charge in [0.1, 0.15) is 5.69 Å². The van der Waals surface area contributed by atoms with Crippen molar-refractivity contribution in [2.45, 2.75) is 45.7 Å². The third-order valence-electron chi connectivity index (χ3n) is 4.46. The molecule has 3 heterocycles. The Morgan fingerprint density at radius 3 is 2.56 bits per heavy atom. The molecule has 0 bridgehead atoms. The number of likely N-dealkylation sites (tertiary alicyclic amines) is 1. The number of nitrogens with one attached hydrogen (secondary N) is 1. The van der Waals surface area contributed by atoms with Gasteiger partial charge in [0.05, 0.1) is 4.88 Å². The maximum Gasteiger partial charge on any atom is 0.272 e. The van der Waals surface area contributed by atoms with E-state index >= 15 is 0 Å². The van der Waals surface area contributed by atoms with Crippen molar-refractivity contribution in [1.82, 2.24) is 20.0 Å². The summed E-state index contributed by atoms with van der Waals surface area (Å²) in [5.41, 5.74) is 0.631. The predicted octanol–water partition coefficient (Wildman–Crippen LogP) is 2.87. The molecule has 6 nitrogen and oxygen atoms in total. The van der Waals surface area contributed by atoms with Gasteiger partial charge in [-0.25, -0.2) is 0 Å². The van der Waals surface area contributed by atoms with Crippen molar-refractivity contribution in [3.63, 3.8) is 0 Å². The molecular weight excluding hydrogens is 336 g/mol. The topological polar surface area (TPSA) is 67.2 Å². The molecule has 134 valence electrons. The zero-order chi connectivity index (χ0) is 18.0. The number of carbonyl (C=O) groups excluding carboxylic acids is 2. The van der Waals surface area contributed by atoms with Crippen molar-refractivity contribution in [3.8, 4) is 0 Å². The normalized spacial score (nSPS) is 15.6.